The third-order valence-corrected chi connectivity index (χ3v) is 11.5. The number of hydrogen-bond donors (Lipinski definition) is 1. The Balaban J connectivity index is 4.46. The Hall–Kier alpha value is -4.38. The molecule has 0 aliphatic carbocycles. The summed E-state index contributed by atoms with van der Waals surface area (Å²) in [7, 11) is -2.87. The van der Waals surface area contributed by atoms with Gasteiger partial charge in [0.15, 0.2) is 18.1 Å². The second-order valence-electron chi connectivity index (χ2n) is 15.6. The van der Waals surface area contributed by atoms with E-state index in [1.807, 2.05) is 39.3 Å². The van der Waals surface area contributed by atoms with Crippen molar-refractivity contribution in [2.45, 2.75) is 129 Å². The molecule has 1 amide bonds. The molecular weight excluding hydrogens is 779 g/mol. The molecule has 0 spiro atoms. The van der Waals surface area contributed by atoms with E-state index in [1.165, 1.54) is 0 Å². The van der Waals surface area contributed by atoms with Gasteiger partial charge in [-0.15, -0.1) is 0 Å². The number of carbonyl (C=O) groups is 9. The van der Waals surface area contributed by atoms with Crippen molar-refractivity contribution in [3.63, 3.8) is 0 Å². The quantitative estimate of drug-likeness (QED) is 0.0841. The van der Waals surface area contributed by atoms with Crippen LogP contribution in [0.1, 0.15) is 41.5 Å². The van der Waals surface area contributed by atoms with Gasteiger partial charge in [-0.05, 0) is 12.1 Å². The lowest BCUT2D eigenvalue weighted by Crippen LogP contribution is -2.75. The van der Waals surface area contributed by atoms with Crippen molar-refractivity contribution in [1.82, 2.24) is 5.32 Å². The molecule has 0 saturated carbocycles. The maximum atomic E-state index is 14.3. The zero-order valence-corrected chi connectivity index (χ0v) is 36.4. The maximum Gasteiger partial charge on any atom is 0.380 e. The molecule has 1 aliphatic heterocycles. The highest BCUT2D eigenvalue weighted by Gasteiger charge is 2.70. The summed E-state index contributed by atoms with van der Waals surface area (Å²) in [6.45, 7) is 16.6. The highest BCUT2D eigenvalue weighted by Crippen LogP contribution is 2.46. The number of amides is 1. The smallest absolute Gasteiger partial charge is 0.380 e. The molecule has 1 heterocycles. The molecule has 1 saturated heterocycles. The van der Waals surface area contributed by atoms with E-state index in [0.29, 0.717) is 12.1 Å². The van der Waals surface area contributed by atoms with E-state index in [-0.39, 0.29) is 13.2 Å². The molecule has 318 valence electrons. The van der Waals surface area contributed by atoms with Crippen LogP contribution in [-0.4, -0.2) is 133 Å². The van der Waals surface area contributed by atoms with Gasteiger partial charge in [0.1, 0.15) is 18.8 Å². The predicted molar refractivity (Wildman–Crippen MR) is 197 cm³/mol. The second kappa shape index (κ2) is 21.2. The number of hydrogen-bond acceptors (Lipinski definition) is 18. The van der Waals surface area contributed by atoms with E-state index >= 15 is 0 Å². The fraction of sp³-hybridized carbons (Fsp3) is 0.743. The summed E-state index contributed by atoms with van der Waals surface area (Å²) in [5.41, 5.74) is 0. The van der Waals surface area contributed by atoms with E-state index in [0.717, 1.165) is 48.7 Å². The average molecular weight is 836 g/mol. The second-order valence-corrected chi connectivity index (χ2v) is 26.9. The topological polar surface area (TPSA) is 249 Å². The van der Waals surface area contributed by atoms with Gasteiger partial charge in [-0.3, -0.25) is 38.4 Å². The predicted octanol–water partition coefficient (Wildman–Crippen LogP) is 1.68. The SMILES string of the molecule is COC(=O)[C@]1(OC(C)=O)O[C@@H]([C@H](OC(C)=O)[C@@H](COC(C)=O)OC(C)=O)[C@H](NC(C)=O)[C@@H](OC(C)=O)[C@@H]1C(C(=O)OCC[Si](C)(C)C)C(=O)OCC[Si](C)(C)C. The molecule has 56 heavy (non-hydrogen) atoms. The van der Waals surface area contributed by atoms with Crippen LogP contribution in [0.15, 0.2) is 0 Å². The summed E-state index contributed by atoms with van der Waals surface area (Å²) in [6.07, 6.45) is -7.87. The van der Waals surface area contributed by atoms with Crippen molar-refractivity contribution in [3.8, 4) is 0 Å². The Bertz CT molecular complexity index is 1440. The van der Waals surface area contributed by atoms with E-state index in [9.17, 15) is 43.2 Å². The molecule has 21 heteroatoms. The first-order chi connectivity index (χ1) is 25.6. The van der Waals surface area contributed by atoms with Gasteiger partial charge in [0.2, 0.25) is 5.91 Å². The number of esters is 8. The summed E-state index contributed by atoms with van der Waals surface area (Å²) in [5, 5.41) is 2.48. The molecule has 19 nitrogen and oxygen atoms in total. The standard InChI is InChI=1S/C35H57NO18Si2/c1-19(37)36-28-30(52-23(5)41)27(26(32(43)47-14-16-55(8,9)10)33(44)48-15-17-56(11,12)13)35(34(45)46-7,53-24(6)42)54-31(28)29(51-22(4)40)25(50-21(3)39)18-49-20(2)38/h25-31H,14-18H2,1-13H3,(H,36,37)/t25-,27+,28-,29-,30+,31-,35-/m1/s1. The highest BCUT2D eigenvalue weighted by molar-refractivity contribution is 6.76. The molecule has 0 aromatic carbocycles. The minimum absolute atomic E-state index is 0.190. The summed E-state index contributed by atoms with van der Waals surface area (Å²) < 4.78 is 49.8. The molecule has 0 aromatic heterocycles. The Morgan fingerprint density at radius 3 is 1.55 bits per heavy atom. The number of rotatable bonds is 19. The first kappa shape index (κ1) is 49.6. The van der Waals surface area contributed by atoms with Crippen LogP contribution in [0, 0.1) is 11.8 Å². The van der Waals surface area contributed by atoms with Crippen LogP contribution in [0.25, 0.3) is 0 Å². The van der Waals surface area contributed by atoms with E-state index in [1.54, 1.807) is 0 Å². The maximum absolute atomic E-state index is 14.3. The number of carbonyl (C=O) groups excluding carboxylic acids is 9. The van der Waals surface area contributed by atoms with Gasteiger partial charge in [0, 0.05) is 57.7 Å². The first-order valence-corrected chi connectivity index (χ1v) is 25.3. The van der Waals surface area contributed by atoms with Crippen molar-refractivity contribution >= 4 is 69.8 Å². The Morgan fingerprint density at radius 1 is 0.679 bits per heavy atom. The van der Waals surface area contributed by atoms with Gasteiger partial charge in [-0.1, -0.05) is 39.3 Å². The summed E-state index contributed by atoms with van der Waals surface area (Å²) >= 11 is 0. The van der Waals surface area contributed by atoms with Crippen LogP contribution in [0.5, 0.6) is 0 Å². The minimum atomic E-state index is -3.26. The summed E-state index contributed by atoms with van der Waals surface area (Å²) in [5.74, 6) is -18.1. The summed E-state index contributed by atoms with van der Waals surface area (Å²) in [6, 6.07) is -0.976. The lowest BCUT2D eigenvalue weighted by Gasteiger charge is -2.52. The largest absolute Gasteiger partial charge is 0.465 e. The fourth-order valence-electron chi connectivity index (χ4n) is 5.71. The monoisotopic (exact) mass is 835 g/mol. The third-order valence-electron chi connectivity index (χ3n) is 8.07. The Kier molecular flexibility index (Phi) is 18.8. The van der Waals surface area contributed by atoms with Crippen molar-refractivity contribution < 1.29 is 85.8 Å². The van der Waals surface area contributed by atoms with Crippen molar-refractivity contribution in [1.29, 1.82) is 0 Å². The molecule has 1 fully saturated rings. The third kappa shape index (κ3) is 15.6. The zero-order chi connectivity index (χ0) is 43.3. The highest BCUT2D eigenvalue weighted by atomic mass is 28.3. The zero-order valence-electron chi connectivity index (χ0n) is 34.4. The van der Waals surface area contributed by atoms with Crippen LogP contribution < -0.4 is 5.32 Å². The molecule has 1 N–H and O–H groups in total. The van der Waals surface area contributed by atoms with E-state index in [2.05, 4.69) is 5.32 Å². The van der Waals surface area contributed by atoms with E-state index in [4.69, 9.17) is 42.6 Å². The molecule has 7 atom stereocenters. The average Bonchev–Trinajstić information content (AvgIpc) is 3.01. The van der Waals surface area contributed by atoms with Crippen LogP contribution in [0.2, 0.25) is 51.4 Å². The van der Waals surface area contributed by atoms with Gasteiger partial charge in [0.05, 0.1) is 32.3 Å². The van der Waals surface area contributed by atoms with Crippen LogP contribution in [-0.2, 0) is 85.8 Å². The lowest BCUT2D eigenvalue weighted by molar-refractivity contribution is -0.332. The number of methoxy groups -OCH3 is 1. The number of nitrogens with one attached hydrogen (secondary N) is 1. The Morgan fingerprint density at radius 2 is 1.18 bits per heavy atom. The van der Waals surface area contributed by atoms with Crippen LogP contribution in [0.3, 0.4) is 0 Å². The first-order valence-electron chi connectivity index (χ1n) is 17.9. The molecular formula is C35H57NO18Si2. The van der Waals surface area contributed by atoms with Crippen LogP contribution >= 0.6 is 0 Å². The van der Waals surface area contributed by atoms with Gasteiger partial charge in [-0.2, -0.15) is 0 Å². The molecule has 1 aliphatic rings. The van der Waals surface area contributed by atoms with Crippen molar-refractivity contribution in [2.24, 2.45) is 11.8 Å². The minimum Gasteiger partial charge on any atom is -0.465 e. The van der Waals surface area contributed by atoms with E-state index < -0.39 is 124 Å². The van der Waals surface area contributed by atoms with Gasteiger partial charge >= 0.3 is 53.5 Å². The fourth-order valence-corrected chi connectivity index (χ4v) is 7.14. The number of ether oxygens (including phenoxy) is 9. The van der Waals surface area contributed by atoms with Crippen LogP contribution in [0.4, 0.5) is 0 Å². The molecule has 0 bridgehead atoms. The Labute approximate surface area is 328 Å². The molecule has 1 rings (SSSR count). The van der Waals surface area contributed by atoms with Gasteiger partial charge in [0.25, 0.3) is 0 Å². The molecule has 0 radical (unpaired) electrons. The van der Waals surface area contributed by atoms with Gasteiger partial charge < -0.3 is 47.9 Å². The van der Waals surface area contributed by atoms with Crippen molar-refractivity contribution in [2.75, 3.05) is 26.9 Å². The normalized spacial score (nSPS) is 22.0. The molecule has 0 aromatic rings. The van der Waals surface area contributed by atoms with Crippen molar-refractivity contribution in [3.05, 3.63) is 0 Å². The molecule has 0 unspecified atom stereocenters. The lowest BCUT2D eigenvalue weighted by atomic mass is 9.73. The van der Waals surface area contributed by atoms with Gasteiger partial charge in [-0.25, -0.2) is 4.79 Å². The summed E-state index contributed by atoms with van der Waals surface area (Å²) in [4.78, 5) is 118.